The summed E-state index contributed by atoms with van der Waals surface area (Å²) in [5.41, 5.74) is 0.833. The Morgan fingerprint density at radius 3 is 2.60 bits per heavy atom. The first-order chi connectivity index (χ1) is 9.79. The Labute approximate surface area is 119 Å². The van der Waals surface area contributed by atoms with Gasteiger partial charge in [0, 0.05) is 25.9 Å². The third-order valence-corrected chi connectivity index (χ3v) is 3.68. The lowest BCUT2D eigenvalue weighted by Crippen LogP contribution is -2.36. The lowest BCUT2D eigenvalue weighted by atomic mass is 10.1. The van der Waals surface area contributed by atoms with Crippen LogP contribution in [-0.2, 0) is 17.8 Å². The van der Waals surface area contributed by atoms with Crippen molar-refractivity contribution in [2.24, 2.45) is 0 Å². The second-order valence-electron chi connectivity index (χ2n) is 5.38. The zero-order chi connectivity index (χ0) is 14.2. The molecule has 1 aliphatic rings. The lowest BCUT2D eigenvalue weighted by molar-refractivity contribution is -0.132. The lowest BCUT2D eigenvalue weighted by Gasteiger charge is -2.24. The quantitative estimate of drug-likeness (QED) is 0.873. The molecule has 1 aromatic rings. The highest BCUT2D eigenvalue weighted by Gasteiger charge is 2.15. The van der Waals surface area contributed by atoms with Gasteiger partial charge in [-0.25, -0.2) is 4.68 Å². The van der Waals surface area contributed by atoms with E-state index in [9.17, 15) is 4.79 Å². The molecule has 0 unspecified atom stereocenters. The molecule has 20 heavy (non-hydrogen) atoms. The van der Waals surface area contributed by atoms with E-state index in [-0.39, 0.29) is 19.1 Å². The summed E-state index contributed by atoms with van der Waals surface area (Å²) < 4.78 is 1.60. The summed E-state index contributed by atoms with van der Waals surface area (Å²) >= 11 is 0. The minimum absolute atomic E-state index is 0.130. The molecule has 0 aliphatic carbocycles. The van der Waals surface area contributed by atoms with Crippen LogP contribution in [0.25, 0.3) is 0 Å². The van der Waals surface area contributed by atoms with Gasteiger partial charge in [-0.2, -0.15) is 0 Å². The van der Waals surface area contributed by atoms with Gasteiger partial charge in [-0.3, -0.25) is 4.79 Å². The van der Waals surface area contributed by atoms with Gasteiger partial charge in [0.2, 0.25) is 5.91 Å². The molecular formula is C14H24N4O2. The largest absolute Gasteiger partial charge is 0.396 e. The first kappa shape index (κ1) is 15.0. The van der Waals surface area contributed by atoms with Gasteiger partial charge in [0.1, 0.15) is 6.54 Å². The van der Waals surface area contributed by atoms with Gasteiger partial charge < -0.3 is 10.0 Å². The number of carbonyl (C=O) groups is 1. The van der Waals surface area contributed by atoms with Crippen LogP contribution in [0.5, 0.6) is 0 Å². The molecule has 0 atom stereocenters. The number of likely N-dealkylation sites (tertiary alicyclic amines) is 1. The fraction of sp³-hybridized carbons (Fsp3) is 0.786. The molecule has 1 aromatic heterocycles. The number of amides is 1. The monoisotopic (exact) mass is 280 g/mol. The number of hydrogen-bond acceptors (Lipinski definition) is 4. The first-order valence-corrected chi connectivity index (χ1v) is 7.57. The molecule has 2 rings (SSSR count). The third kappa shape index (κ3) is 4.59. The number of hydrogen-bond donors (Lipinski definition) is 1. The molecule has 1 saturated heterocycles. The Balaban J connectivity index is 1.84. The van der Waals surface area contributed by atoms with Crippen molar-refractivity contribution < 1.29 is 9.90 Å². The highest BCUT2D eigenvalue weighted by Crippen LogP contribution is 2.11. The van der Waals surface area contributed by atoms with E-state index in [0.717, 1.165) is 31.6 Å². The van der Waals surface area contributed by atoms with E-state index >= 15 is 0 Å². The maximum atomic E-state index is 12.3. The van der Waals surface area contributed by atoms with E-state index in [1.807, 2.05) is 4.90 Å². The average Bonchev–Trinajstić information content (AvgIpc) is 2.83. The molecule has 0 radical (unpaired) electrons. The van der Waals surface area contributed by atoms with Crippen LogP contribution in [-0.4, -0.2) is 50.6 Å². The number of aliphatic hydroxyl groups excluding tert-OH is 1. The fourth-order valence-corrected chi connectivity index (χ4v) is 2.53. The Hall–Kier alpha value is -1.43. The summed E-state index contributed by atoms with van der Waals surface area (Å²) in [6.45, 7) is 2.15. The smallest absolute Gasteiger partial charge is 0.244 e. The minimum Gasteiger partial charge on any atom is -0.396 e. The summed E-state index contributed by atoms with van der Waals surface area (Å²) in [6, 6.07) is 0. The second kappa shape index (κ2) is 7.99. The summed E-state index contributed by atoms with van der Waals surface area (Å²) in [5, 5.41) is 16.8. The Morgan fingerprint density at radius 1 is 1.20 bits per heavy atom. The Kier molecular flexibility index (Phi) is 5.98. The molecule has 1 amide bonds. The van der Waals surface area contributed by atoms with E-state index in [0.29, 0.717) is 12.8 Å². The predicted octanol–water partition coefficient (Wildman–Crippen LogP) is 0.996. The van der Waals surface area contributed by atoms with Crippen LogP contribution in [0, 0.1) is 0 Å². The van der Waals surface area contributed by atoms with Crippen molar-refractivity contribution in [1.29, 1.82) is 0 Å². The molecule has 6 heteroatoms. The zero-order valence-corrected chi connectivity index (χ0v) is 12.0. The molecule has 6 nitrogen and oxygen atoms in total. The number of aryl methyl sites for hydroxylation is 1. The van der Waals surface area contributed by atoms with Gasteiger partial charge in [-0.15, -0.1) is 5.10 Å². The van der Waals surface area contributed by atoms with Gasteiger partial charge in [0.05, 0.1) is 5.69 Å². The van der Waals surface area contributed by atoms with Crippen LogP contribution in [0.15, 0.2) is 6.20 Å². The summed E-state index contributed by atoms with van der Waals surface area (Å²) in [5.74, 6) is 0.130. The van der Waals surface area contributed by atoms with E-state index in [2.05, 4.69) is 10.3 Å². The summed E-state index contributed by atoms with van der Waals surface area (Å²) in [4.78, 5) is 14.2. The first-order valence-electron chi connectivity index (χ1n) is 7.57. The minimum atomic E-state index is 0.130. The van der Waals surface area contributed by atoms with Crippen molar-refractivity contribution in [3.63, 3.8) is 0 Å². The van der Waals surface area contributed by atoms with Crippen LogP contribution in [0.2, 0.25) is 0 Å². The Bertz CT molecular complexity index is 411. The number of carbonyl (C=O) groups excluding carboxylic acids is 1. The maximum absolute atomic E-state index is 12.3. The summed E-state index contributed by atoms with van der Waals surface area (Å²) in [6.07, 6.45) is 9.12. The SMILES string of the molecule is O=C(Cn1cc(CCCO)nn1)N1CCCCCCC1. The fourth-order valence-electron chi connectivity index (χ4n) is 2.53. The highest BCUT2D eigenvalue weighted by molar-refractivity contribution is 5.75. The molecule has 1 N–H and O–H groups in total. The van der Waals surface area contributed by atoms with Gasteiger partial charge in [0.15, 0.2) is 0 Å². The second-order valence-corrected chi connectivity index (χ2v) is 5.38. The number of aromatic nitrogens is 3. The topological polar surface area (TPSA) is 71.2 Å². The number of nitrogens with zero attached hydrogens (tertiary/aromatic N) is 4. The van der Waals surface area contributed by atoms with Gasteiger partial charge >= 0.3 is 0 Å². The van der Waals surface area contributed by atoms with Crippen molar-refractivity contribution in [1.82, 2.24) is 19.9 Å². The molecule has 0 spiro atoms. The molecular weight excluding hydrogens is 256 g/mol. The Morgan fingerprint density at radius 2 is 1.90 bits per heavy atom. The zero-order valence-electron chi connectivity index (χ0n) is 12.0. The highest BCUT2D eigenvalue weighted by atomic mass is 16.2. The van der Waals surface area contributed by atoms with E-state index in [1.165, 1.54) is 19.3 Å². The number of aliphatic hydroxyl groups is 1. The standard InChI is InChI=1S/C14H24N4O2/c19-10-6-7-13-11-18(16-15-13)12-14(20)17-8-4-2-1-3-5-9-17/h11,19H,1-10,12H2. The normalized spacial score (nSPS) is 16.8. The van der Waals surface area contributed by atoms with Crippen LogP contribution in [0.3, 0.4) is 0 Å². The molecule has 1 fully saturated rings. The van der Waals surface area contributed by atoms with Crippen molar-refractivity contribution >= 4 is 5.91 Å². The molecule has 0 bridgehead atoms. The van der Waals surface area contributed by atoms with Crippen molar-refractivity contribution in [2.45, 2.75) is 51.5 Å². The van der Waals surface area contributed by atoms with Crippen LogP contribution in [0.1, 0.15) is 44.2 Å². The van der Waals surface area contributed by atoms with Crippen LogP contribution in [0.4, 0.5) is 0 Å². The van der Waals surface area contributed by atoms with Crippen LogP contribution < -0.4 is 0 Å². The van der Waals surface area contributed by atoms with Crippen molar-refractivity contribution in [3.8, 4) is 0 Å². The molecule has 112 valence electrons. The molecule has 0 saturated carbocycles. The maximum Gasteiger partial charge on any atom is 0.244 e. The summed E-state index contributed by atoms with van der Waals surface area (Å²) in [7, 11) is 0. The van der Waals surface area contributed by atoms with Crippen molar-refractivity contribution in [3.05, 3.63) is 11.9 Å². The van der Waals surface area contributed by atoms with Crippen LogP contribution >= 0.6 is 0 Å². The molecule has 0 aromatic carbocycles. The predicted molar refractivity (Wildman–Crippen MR) is 75.1 cm³/mol. The molecule has 2 heterocycles. The van der Waals surface area contributed by atoms with Gasteiger partial charge in [0.25, 0.3) is 0 Å². The molecule has 1 aliphatic heterocycles. The van der Waals surface area contributed by atoms with Crippen molar-refractivity contribution in [2.75, 3.05) is 19.7 Å². The number of rotatable bonds is 5. The van der Waals surface area contributed by atoms with E-state index in [4.69, 9.17) is 5.11 Å². The van der Waals surface area contributed by atoms with Gasteiger partial charge in [-0.1, -0.05) is 24.5 Å². The van der Waals surface area contributed by atoms with E-state index < -0.39 is 0 Å². The third-order valence-electron chi connectivity index (χ3n) is 3.68. The van der Waals surface area contributed by atoms with Gasteiger partial charge in [-0.05, 0) is 25.7 Å². The van der Waals surface area contributed by atoms with E-state index in [1.54, 1.807) is 10.9 Å². The average molecular weight is 280 g/mol.